The molecule has 318 valence electrons. The molecule has 4 N–H and O–H groups in total. The number of ether oxygens (including phenoxy) is 2. The van der Waals surface area contributed by atoms with E-state index in [-0.39, 0.29) is 41.2 Å². The smallest absolute Gasteiger partial charge is 0.305 e. The second kappa shape index (κ2) is 16.7. The van der Waals surface area contributed by atoms with Gasteiger partial charge in [-0.15, -0.1) is 0 Å². The summed E-state index contributed by atoms with van der Waals surface area (Å²) < 4.78 is 41.3. The summed E-state index contributed by atoms with van der Waals surface area (Å²) in [5.74, 6) is -1.98. The van der Waals surface area contributed by atoms with Gasteiger partial charge in [0.1, 0.15) is 23.8 Å². The Kier molecular flexibility index (Phi) is 11.4. The number of nitrogens with zero attached hydrogens (tertiary/aromatic N) is 4. The van der Waals surface area contributed by atoms with Gasteiger partial charge in [-0.25, -0.2) is 18.1 Å². The molecule has 16 nitrogen and oxygen atoms in total. The third kappa shape index (κ3) is 9.28. The predicted molar refractivity (Wildman–Crippen MR) is 230 cm³/mol. The highest BCUT2D eigenvalue weighted by molar-refractivity contribution is 7.90. The Hall–Kier alpha value is -6.17. The summed E-state index contributed by atoms with van der Waals surface area (Å²) in [5.41, 5.74) is 4.72. The number of carbonyl (C=O) groups excluding carboxylic acids is 1. The minimum absolute atomic E-state index is 0.0697. The van der Waals surface area contributed by atoms with Gasteiger partial charge in [-0.1, -0.05) is 43.2 Å². The molecule has 2 aromatic heterocycles. The van der Waals surface area contributed by atoms with E-state index in [1.54, 1.807) is 24.4 Å². The van der Waals surface area contributed by atoms with Crippen LogP contribution in [-0.2, 0) is 14.8 Å². The topological polar surface area (TPSA) is 209 Å². The van der Waals surface area contributed by atoms with E-state index in [1.165, 1.54) is 29.0 Å². The average Bonchev–Trinajstić information content (AvgIpc) is 3.69. The molecule has 0 radical (unpaired) electrons. The number of aliphatic carboxylic acids is 1. The summed E-state index contributed by atoms with van der Waals surface area (Å²) >= 11 is 6.23. The van der Waals surface area contributed by atoms with Crippen LogP contribution in [0.4, 0.5) is 17.1 Å². The van der Waals surface area contributed by atoms with Crippen LogP contribution in [0.15, 0.2) is 89.6 Å². The van der Waals surface area contributed by atoms with Gasteiger partial charge in [0.15, 0.2) is 11.4 Å². The molecule has 3 aromatic carbocycles. The molecule has 1 atom stereocenters. The van der Waals surface area contributed by atoms with Crippen LogP contribution >= 0.6 is 11.6 Å². The molecule has 1 amide bonds. The molecule has 2 aliphatic heterocycles. The molecule has 1 aliphatic carbocycles. The van der Waals surface area contributed by atoms with Crippen molar-refractivity contribution < 1.29 is 37.5 Å². The molecule has 8 rings (SSSR count). The van der Waals surface area contributed by atoms with Gasteiger partial charge in [0.2, 0.25) is 0 Å². The fourth-order valence-electron chi connectivity index (χ4n) is 8.11. The molecule has 0 unspecified atom stereocenters. The van der Waals surface area contributed by atoms with Gasteiger partial charge in [-0.05, 0) is 72.2 Å². The van der Waals surface area contributed by atoms with Gasteiger partial charge >= 0.3 is 5.97 Å². The maximum absolute atomic E-state index is 13.9. The first-order valence-corrected chi connectivity index (χ1v) is 21.7. The number of nitro groups is 1. The van der Waals surface area contributed by atoms with Gasteiger partial charge < -0.3 is 29.8 Å². The van der Waals surface area contributed by atoms with Gasteiger partial charge in [0, 0.05) is 73.2 Å². The number of anilines is 2. The van der Waals surface area contributed by atoms with E-state index >= 15 is 0 Å². The second-order valence-corrected chi connectivity index (χ2v) is 18.4. The third-order valence-corrected chi connectivity index (χ3v) is 12.9. The van der Waals surface area contributed by atoms with E-state index in [0.29, 0.717) is 29.5 Å². The Morgan fingerprint density at radius 2 is 1.85 bits per heavy atom. The molecule has 1 fully saturated rings. The molecule has 18 heteroatoms. The fourth-order valence-corrected chi connectivity index (χ4v) is 9.23. The number of aromatic nitrogens is 2. The Bertz CT molecular complexity index is 2680. The van der Waals surface area contributed by atoms with Crippen molar-refractivity contribution in [2.75, 3.05) is 49.5 Å². The number of rotatable bonds is 12. The van der Waals surface area contributed by atoms with Crippen molar-refractivity contribution in [2.45, 2.75) is 50.5 Å². The number of piperazine rings is 1. The normalized spacial score (nSPS) is 17.9. The van der Waals surface area contributed by atoms with Crippen molar-refractivity contribution in [3.05, 3.63) is 111 Å². The maximum atomic E-state index is 13.9. The fraction of sp³-hybridized carbons (Fsp3) is 0.326. The zero-order valence-corrected chi connectivity index (χ0v) is 35.0. The molecular weight excluding hydrogens is 826 g/mol. The number of sulfonamides is 1. The van der Waals surface area contributed by atoms with Gasteiger partial charge in [-0.3, -0.25) is 24.6 Å². The number of benzene rings is 3. The third-order valence-electron chi connectivity index (χ3n) is 11.3. The zero-order chi connectivity index (χ0) is 43.1. The number of carboxylic acid groups (broad SMARTS) is 1. The number of pyridine rings is 1. The van der Waals surface area contributed by atoms with Crippen LogP contribution in [0.1, 0.15) is 55.5 Å². The summed E-state index contributed by atoms with van der Waals surface area (Å²) in [6.07, 6.45) is 5.98. The number of nitro benzene ring substituents is 1. The summed E-state index contributed by atoms with van der Waals surface area (Å²) in [6.45, 7) is 8.28. The van der Waals surface area contributed by atoms with Crippen molar-refractivity contribution in [1.82, 2.24) is 19.6 Å². The van der Waals surface area contributed by atoms with E-state index in [1.807, 2.05) is 22.9 Å². The van der Waals surface area contributed by atoms with Crippen LogP contribution in [0, 0.1) is 15.5 Å². The highest BCUT2D eigenvalue weighted by Crippen LogP contribution is 2.44. The lowest BCUT2D eigenvalue weighted by molar-refractivity contribution is -0.384. The number of carbonyl (C=O) groups is 2. The highest BCUT2D eigenvalue weighted by atomic mass is 35.5. The molecule has 1 saturated heterocycles. The highest BCUT2D eigenvalue weighted by Gasteiger charge is 2.33. The first-order valence-electron chi connectivity index (χ1n) is 19.8. The van der Waals surface area contributed by atoms with E-state index in [4.69, 9.17) is 21.1 Å². The van der Waals surface area contributed by atoms with Crippen LogP contribution in [-0.4, -0.2) is 90.6 Å². The van der Waals surface area contributed by atoms with E-state index in [0.717, 1.165) is 62.1 Å². The minimum atomic E-state index is -4.72. The molecule has 5 aromatic rings. The number of H-pyrrole nitrogens is 1. The van der Waals surface area contributed by atoms with Crippen LogP contribution in [0.25, 0.3) is 16.6 Å². The van der Waals surface area contributed by atoms with Crippen molar-refractivity contribution in [3.8, 4) is 17.2 Å². The van der Waals surface area contributed by atoms with Crippen LogP contribution in [0.5, 0.6) is 17.2 Å². The first kappa shape index (κ1) is 41.6. The number of fused-ring (bicyclic) bond motifs is 2. The molecule has 4 heterocycles. The number of nitrogens with one attached hydrogen (secondary N) is 3. The van der Waals surface area contributed by atoms with Crippen LogP contribution in [0.2, 0.25) is 5.02 Å². The van der Waals surface area contributed by atoms with Gasteiger partial charge in [-0.2, -0.15) is 0 Å². The Labute approximate surface area is 356 Å². The van der Waals surface area contributed by atoms with Crippen molar-refractivity contribution in [3.63, 3.8) is 0 Å². The molecule has 0 spiro atoms. The molecule has 0 saturated carbocycles. The standard InChI is InChI=1S/C43H44ClN7O9S/c1-43(2)11-9-28(35(22-43)26-3-5-29(44)6-4-26)24-49-13-15-50(16-14-49)31-7-8-34(37(19-31)60-32-17-27-10-12-45-41(27)46-23-32)42(54)48-61(57,58)33-20-36(51(55)56)40-38(21-33)59-25-30(47-40)18-39(52)53/h3-8,10,12,17,19-21,23,30,47H,9,11,13-16,18,22,24-25H2,1-2H3,(H,45,46)(H,48,54)(H,52,53)/t30-/m0/s1. The molecular formula is C43H44ClN7O9S. The maximum Gasteiger partial charge on any atom is 0.305 e. The molecule has 61 heavy (non-hydrogen) atoms. The van der Waals surface area contributed by atoms with Crippen molar-refractivity contribution in [2.24, 2.45) is 5.41 Å². The Morgan fingerprint density at radius 3 is 2.59 bits per heavy atom. The molecule has 3 aliphatic rings. The van der Waals surface area contributed by atoms with Crippen molar-refractivity contribution >= 4 is 67.2 Å². The first-order chi connectivity index (χ1) is 29.1. The number of hydrogen-bond donors (Lipinski definition) is 4. The number of hydrogen-bond acceptors (Lipinski definition) is 12. The summed E-state index contributed by atoms with van der Waals surface area (Å²) in [6, 6.07) is 17.6. The van der Waals surface area contributed by atoms with Crippen LogP contribution in [0.3, 0.4) is 0 Å². The Balaban J connectivity index is 1.03. The number of aromatic amines is 1. The van der Waals surface area contributed by atoms with Crippen LogP contribution < -0.4 is 24.4 Å². The van der Waals surface area contributed by atoms with E-state index in [9.17, 15) is 33.2 Å². The lowest BCUT2D eigenvalue weighted by Crippen LogP contribution is -2.47. The average molecular weight is 870 g/mol. The summed E-state index contributed by atoms with van der Waals surface area (Å²) in [5, 5.41) is 25.5. The minimum Gasteiger partial charge on any atom is -0.489 e. The lowest BCUT2D eigenvalue weighted by Gasteiger charge is -2.39. The lowest BCUT2D eigenvalue weighted by atomic mass is 9.72. The summed E-state index contributed by atoms with van der Waals surface area (Å²) in [4.78, 5) is 47.9. The zero-order valence-electron chi connectivity index (χ0n) is 33.4. The number of allylic oxidation sites excluding steroid dienone is 1. The van der Waals surface area contributed by atoms with E-state index in [2.05, 4.69) is 51.1 Å². The SMILES string of the molecule is CC1(C)CCC(CN2CCN(c3ccc(C(=O)NS(=O)(=O)c4cc5c(c([N+](=O)[O-])c4)N[C@@H](CC(=O)O)CO5)c(Oc4cnc5[nH]ccc5c4)c3)CC2)=C(c2ccc(Cl)cc2)C1. The second-order valence-electron chi connectivity index (χ2n) is 16.3. The largest absolute Gasteiger partial charge is 0.489 e. The van der Waals surface area contributed by atoms with Gasteiger partial charge in [0.05, 0.1) is 34.0 Å². The Morgan fingerprint density at radius 1 is 1.08 bits per heavy atom. The number of carboxylic acids is 1. The summed E-state index contributed by atoms with van der Waals surface area (Å²) in [7, 11) is -4.72. The van der Waals surface area contributed by atoms with Gasteiger partial charge in [0.25, 0.3) is 21.6 Å². The van der Waals surface area contributed by atoms with E-state index < -0.39 is 43.4 Å². The predicted octanol–water partition coefficient (Wildman–Crippen LogP) is 7.47. The van der Waals surface area contributed by atoms with Crippen molar-refractivity contribution in [1.29, 1.82) is 0 Å². The molecule has 0 bridgehead atoms. The quantitative estimate of drug-likeness (QED) is 0.0710. The number of amides is 1. The number of halogens is 1. The monoisotopic (exact) mass is 869 g/mol.